The molecule has 0 radical (unpaired) electrons. The minimum atomic E-state index is -4.47. The number of rotatable bonds is 6. The third-order valence-corrected chi connectivity index (χ3v) is 3.60. The summed E-state index contributed by atoms with van der Waals surface area (Å²) in [4.78, 5) is 17.1. The highest BCUT2D eigenvalue weighted by Crippen LogP contribution is 2.34. The smallest absolute Gasteiger partial charge is 0.353 e. The van der Waals surface area contributed by atoms with Crippen LogP contribution in [0.25, 0.3) is 0 Å². The molecule has 1 aromatic carbocycles. The number of carbonyl (C=O) groups is 1. The van der Waals surface area contributed by atoms with Gasteiger partial charge in [0.15, 0.2) is 5.96 Å². The van der Waals surface area contributed by atoms with E-state index >= 15 is 0 Å². The van der Waals surface area contributed by atoms with Gasteiger partial charge in [-0.25, -0.2) is 4.99 Å². The van der Waals surface area contributed by atoms with Crippen LogP contribution in [0.3, 0.4) is 0 Å². The van der Waals surface area contributed by atoms with Crippen molar-refractivity contribution < 1.29 is 18.0 Å². The van der Waals surface area contributed by atoms with E-state index in [4.69, 9.17) is 0 Å². The van der Waals surface area contributed by atoms with Crippen LogP contribution in [0.1, 0.15) is 11.1 Å². The van der Waals surface area contributed by atoms with E-state index in [1.807, 2.05) is 0 Å². The number of amides is 1. The van der Waals surface area contributed by atoms with Gasteiger partial charge in [-0.2, -0.15) is 13.2 Å². The molecule has 1 amide bonds. The molecule has 0 saturated carbocycles. The molecule has 0 aromatic heterocycles. The van der Waals surface area contributed by atoms with Gasteiger partial charge in [-0.1, -0.05) is 28.1 Å². The first-order valence-corrected chi connectivity index (χ1v) is 8.13. The van der Waals surface area contributed by atoms with Gasteiger partial charge < -0.3 is 15.5 Å². The molecular formula is C16H21BrF3IN4O. The Morgan fingerprint density at radius 2 is 2.00 bits per heavy atom. The molecule has 1 rings (SSSR count). The van der Waals surface area contributed by atoms with Crippen molar-refractivity contribution in [3.63, 3.8) is 0 Å². The van der Waals surface area contributed by atoms with E-state index in [0.29, 0.717) is 11.0 Å². The Kier molecular flexibility index (Phi) is 10.8. The van der Waals surface area contributed by atoms with E-state index in [0.717, 1.165) is 6.07 Å². The zero-order chi connectivity index (χ0) is 19.0. The third kappa shape index (κ3) is 8.39. The zero-order valence-electron chi connectivity index (χ0n) is 14.4. The number of alkyl halides is 3. The van der Waals surface area contributed by atoms with Crippen LogP contribution in [-0.4, -0.2) is 44.0 Å². The molecule has 0 aliphatic heterocycles. The van der Waals surface area contributed by atoms with Crippen LogP contribution in [0.4, 0.5) is 13.2 Å². The Hall–Kier alpha value is -1.30. The molecule has 0 heterocycles. The molecule has 0 bridgehead atoms. The van der Waals surface area contributed by atoms with Crippen molar-refractivity contribution in [3.8, 4) is 0 Å². The first-order valence-electron chi connectivity index (χ1n) is 7.34. The van der Waals surface area contributed by atoms with Crippen LogP contribution in [0.2, 0.25) is 0 Å². The van der Waals surface area contributed by atoms with Gasteiger partial charge in [0.25, 0.3) is 0 Å². The van der Waals surface area contributed by atoms with Crippen LogP contribution < -0.4 is 10.6 Å². The van der Waals surface area contributed by atoms with Gasteiger partial charge in [0.2, 0.25) is 5.91 Å². The Morgan fingerprint density at radius 3 is 2.54 bits per heavy atom. The summed E-state index contributed by atoms with van der Waals surface area (Å²) in [5.74, 6) is 0.0406. The summed E-state index contributed by atoms with van der Waals surface area (Å²) < 4.78 is 39.7. The molecule has 26 heavy (non-hydrogen) atoms. The SMILES string of the molecule is C=CCNC(=NCc1ccc(Br)cc1C(F)(F)F)NCC(=O)N(C)C.I. The van der Waals surface area contributed by atoms with E-state index < -0.39 is 11.7 Å². The maximum Gasteiger partial charge on any atom is 0.416 e. The molecule has 2 N–H and O–H groups in total. The summed E-state index contributed by atoms with van der Waals surface area (Å²) in [6.07, 6.45) is -2.90. The van der Waals surface area contributed by atoms with Crippen LogP contribution in [0, 0.1) is 0 Å². The number of likely N-dealkylation sites (N-methyl/N-ethyl adjacent to an activating group) is 1. The third-order valence-electron chi connectivity index (χ3n) is 3.10. The average Bonchev–Trinajstić information content (AvgIpc) is 2.53. The van der Waals surface area contributed by atoms with E-state index in [1.165, 1.54) is 17.0 Å². The lowest BCUT2D eigenvalue weighted by Gasteiger charge is -2.15. The molecule has 0 atom stereocenters. The highest BCUT2D eigenvalue weighted by Gasteiger charge is 2.33. The highest BCUT2D eigenvalue weighted by molar-refractivity contribution is 14.0. The van der Waals surface area contributed by atoms with E-state index in [2.05, 4.69) is 38.1 Å². The Morgan fingerprint density at radius 1 is 1.35 bits per heavy atom. The lowest BCUT2D eigenvalue weighted by molar-refractivity contribution is -0.138. The fourth-order valence-corrected chi connectivity index (χ4v) is 2.14. The highest BCUT2D eigenvalue weighted by atomic mass is 127. The number of hydrogen-bond donors (Lipinski definition) is 2. The second-order valence-corrected chi connectivity index (χ2v) is 6.19. The first kappa shape index (κ1) is 24.7. The number of guanidine groups is 1. The summed E-state index contributed by atoms with van der Waals surface area (Å²) >= 11 is 3.04. The molecule has 0 unspecified atom stereocenters. The van der Waals surface area contributed by atoms with E-state index in [9.17, 15) is 18.0 Å². The second kappa shape index (κ2) is 11.4. The minimum Gasteiger partial charge on any atom is -0.353 e. The molecule has 146 valence electrons. The van der Waals surface area contributed by atoms with Crippen LogP contribution in [0.5, 0.6) is 0 Å². The molecule has 5 nitrogen and oxygen atoms in total. The number of nitrogens with one attached hydrogen (secondary N) is 2. The number of carbonyl (C=O) groups excluding carboxylic acids is 1. The van der Waals surface area contributed by atoms with Gasteiger partial charge >= 0.3 is 6.18 Å². The normalized spacial score (nSPS) is 11.4. The van der Waals surface area contributed by atoms with Crippen molar-refractivity contribution in [1.29, 1.82) is 0 Å². The van der Waals surface area contributed by atoms with Gasteiger partial charge in [-0.05, 0) is 17.7 Å². The number of benzene rings is 1. The number of halogens is 5. The van der Waals surface area contributed by atoms with Crippen LogP contribution in [0.15, 0.2) is 40.3 Å². The second-order valence-electron chi connectivity index (χ2n) is 5.28. The molecule has 0 spiro atoms. The van der Waals surface area contributed by atoms with E-state index in [-0.39, 0.29) is 54.5 Å². The predicted octanol–water partition coefficient (Wildman–Crippen LogP) is 3.40. The van der Waals surface area contributed by atoms with Crippen molar-refractivity contribution in [2.75, 3.05) is 27.2 Å². The van der Waals surface area contributed by atoms with E-state index in [1.54, 1.807) is 20.2 Å². The maximum atomic E-state index is 13.1. The summed E-state index contributed by atoms with van der Waals surface area (Å²) in [5, 5.41) is 5.65. The molecule has 0 saturated heterocycles. The van der Waals surface area contributed by atoms with Crippen LogP contribution in [-0.2, 0) is 17.5 Å². The quantitative estimate of drug-likeness (QED) is 0.248. The van der Waals surface area contributed by atoms with Crippen LogP contribution >= 0.6 is 39.9 Å². The number of nitrogens with zero attached hydrogens (tertiary/aromatic N) is 2. The lowest BCUT2D eigenvalue weighted by atomic mass is 10.1. The van der Waals surface area contributed by atoms with Gasteiger partial charge in [0.05, 0.1) is 18.7 Å². The van der Waals surface area contributed by atoms with Gasteiger partial charge in [0, 0.05) is 25.1 Å². The van der Waals surface area contributed by atoms with Gasteiger partial charge in [-0.3, -0.25) is 4.79 Å². The number of hydrogen-bond acceptors (Lipinski definition) is 2. The molecule has 0 fully saturated rings. The van der Waals surface area contributed by atoms with Gasteiger partial charge in [-0.15, -0.1) is 30.6 Å². The van der Waals surface area contributed by atoms with Crippen molar-refractivity contribution >= 4 is 51.8 Å². The summed E-state index contributed by atoms with van der Waals surface area (Å²) in [6.45, 7) is 3.70. The van der Waals surface area contributed by atoms with Crippen molar-refractivity contribution in [1.82, 2.24) is 15.5 Å². The fraction of sp³-hybridized carbons (Fsp3) is 0.375. The Balaban J connectivity index is 0.00000625. The summed E-state index contributed by atoms with van der Waals surface area (Å²) in [5.41, 5.74) is -0.715. The van der Waals surface area contributed by atoms with Crippen molar-refractivity contribution in [2.24, 2.45) is 4.99 Å². The molecule has 0 aliphatic carbocycles. The molecular weight excluding hydrogens is 528 g/mol. The Labute approximate surface area is 176 Å². The summed E-state index contributed by atoms with van der Waals surface area (Å²) in [7, 11) is 3.21. The van der Waals surface area contributed by atoms with Crippen molar-refractivity contribution in [3.05, 3.63) is 46.5 Å². The minimum absolute atomic E-state index is 0. The number of aliphatic imine (C=N–C) groups is 1. The first-order chi connectivity index (χ1) is 11.6. The molecule has 0 aliphatic rings. The van der Waals surface area contributed by atoms with Crippen molar-refractivity contribution in [2.45, 2.75) is 12.7 Å². The monoisotopic (exact) mass is 548 g/mol. The lowest BCUT2D eigenvalue weighted by Crippen LogP contribution is -2.43. The molecule has 10 heteroatoms. The maximum absolute atomic E-state index is 13.1. The predicted molar refractivity (Wildman–Crippen MR) is 111 cm³/mol. The Bertz CT molecular complexity index is 651. The topological polar surface area (TPSA) is 56.7 Å². The summed E-state index contributed by atoms with van der Waals surface area (Å²) in [6, 6.07) is 3.91. The zero-order valence-corrected chi connectivity index (χ0v) is 18.3. The largest absolute Gasteiger partial charge is 0.416 e. The average molecular weight is 549 g/mol. The van der Waals surface area contributed by atoms with Gasteiger partial charge in [0.1, 0.15) is 0 Å². The standard InChI is InChI=1S/C16H20BrF3N4O.HI/c1-4-7-21-15(23-10-14(25)24(2)3)22-9-11-5-6-12(17)8-13(11)16(18,19)20;/h4-6,8H,1,7,9-10H2,2-3H3,(H2,21,22,23);1H. The fourth-order valence-electron chi connectivity index (χ4n) is 1.78. The molecule has 1 aromatic rings.